The molecule has 2 heterocycles. The van der Waals surface area contributed by atoms with Gasteiger partial charge in [-0.05, 0) is 36.9 Å². The Labute approximate surface area is 121 Å². The summed E-state index contributed by atoms with van der Waals surface area (Å²) in [6, 6.07) is 6.69. The summed E-state index contributed by atoms with van der Waals surface area (Å²) in [5, 5.41) is 3.53. The van der Waals surface area contributed by atoms with E-state index >= 15 is 0 Å². The molecule has 106 valence electrons. The Kier molecular flexibility index (Phi) is 5.08. The highest BCUT2D eigenvalue weighted by Crippen LogP contribution is 2.28. The third-order valence-electron chi connectivity index (χ3n) is 4.12. The molecule has 3 rings (SSSR count). The molecule has 4 heteroatoms. The molecule has 1 atom stereocenters. The molecule has 0 aromatic heterocycles. The summed E-state index contributed by atoms with van der Waals surface area (Å²) in [5.41, 5.74) is 4.31. The Hall–Kier alpha value is -0.770. The highest BCUT2D eigenvalue weighted by atomic mass is 35.5. The van der Waals surface area contributed by atoms with Crippen LogP contribution in [0.2, 0.25) is 0 Å². The van der Waals surface area contributed by atoms with Crippen molar-refractivity contribution in [3.63, 3.8) is 0 Å². The monoisotopic (exact) mass is 282 g/mol. The Balaban J connectivity index is 0.00000133. The third kappa shape index (κ3) is 3.22. The Morgan fingerprint density at radius 1 is 1.42 bits per heavy atom. The molecule has 19 heavy (non-hydrogen) atoms. The number of nitrogens with zero attached hydrogens (tertiary/aromatic N) is 1. The zero-order chi connectivity index (χ0) is 12.4. The highest BCUT2D eigenvalue weighted by Gasteiger charge is 2.21. The SMILES string of the molecule is COC1CCCN(Cc2cccc3c2NCC3)C1.Cl. The fourth-order valence-electron chi connectivity index (χ4n) is 3.13. The summed E-state index contributed by atoms with van der Waals surface area (Å²) in [5.74, 6) is 0. The van der Waals surface area contributed by atoms with Crippen molar-refractivity contribution in [3.8, 4) is 0 Å². The summed E-state index contributed by atoms with van der Waals surface area (Å²) >= 11 is 0. The van der Waals surface area contributed by atoms with Gasteiger partial charge in [-0.3, -0.25) is 4.90 Å². The molecular weight excluding hydrogens is 260 g/mol. The Bertz CT molecular complexity index is 425. The van der Waals surface area contributed by atoms with Gasteiger partial charge in [-0.15, -0.1) is 12.4 Å². The van der Waals surface area contributed by atoms with Gasteiger partial charge in [0, 0.05) is 32.4 Å². The van der Waals surface area contributed by atoms with Crippen LogP contribution < -0.4 is 5.32 Å². The maximum absolute atomic E-state index is 5.49. The molecule has 0 amide bonds. The Morgan fingerprint density at radius 3 is 3.16 bits per heavy atom. The molecule has 0 radical (unpaired) electrons. The lowest BCUT2D eigenvalue weighted by Gasteiger charge is -2.32. The van der Waals surface area contributed by atoms with Gasteiger partial charge in [-0.25, -0.2) is 0 Å². The van der Waals surface area contributed by atoms with Crippen molar-refractivity contribution in [2.24, 2.45) is 0 Å². The lowest BCUT2D eigenvalue weighted by atomic mass is 10.0. The number of hydrogen-bond donors (Lipinski definition) is 1. The number of piperidine rings is 1. The van der Waals surface area contributed by atoms with E-state index in [0.29, 0.717) is 6.10 Å². The van der Waals surface area contributed by atoms with Crippen LogP contribution in [0.15, 0.2) is 18.2 Å². The van der Waals surface area contributed by atoms with Crippen LogP contribution in [0.3, 0.4) is 0 Å². The summed E-state index contributed by atoms with van der Waals surface area (Å²) in [7, 11) is 1.83. The van der Waals surface area contributed by atoms with Crippen LogP contribution in [0.5, 0.6) is 0 Å². The van der Waals surface area contributed by atoms with Crippen molar-refractivity contribution in [2.75, 3.05) is 32.1 Å². The minimum Gasteiger partial charge on any atom is -0.384 e. The van der Waals surface area contributed by atoms with E-state index in [0.717, 1.165) is 19.6 Å². The number of likely N-dealkylation sites (tertiary alicyclic amines) is 1. The van der Waals surface area contributed by atoms with E-state index in [1.54, 1.807) is 0 Å². The van der Waals surface area contributed by atoms with Gasteiger partial charge >= 0.3 is 0 Å². The number of methoxy groups -OCH3 is 1. The van der Waals surface area contributed by atoms with Gasteiger partial charge in [0.05, 0.1) is 6.10 Å². The molecule has 1 N–H and O–H groups in total. The minimum atomic E-state index is 0. The zero-order valence-electron chi connectivity index (χ0n) is 11.5. The van der Waals surface area contributed by atoms with E-state index in [4.69, 9.17) is 4.74 Å². The fraction of sp³-hybridized carbons (Fsp3) is 0.600. The summed E-state index contributed by atoms with van der Waals surface area (Å²) in [6.45, 7) is 4.41. The predicted molar refractivity (Wildman–Crippen MR) is 81.2 cm³/mol. The first-order valence-corrected chi connectivity index (χ1v) is 6.96. The summed E-state index contributed by atoms with van der Waals surface area (Å²) < 4.78 is 5.49. The largest absolute Gasteiger partial charge is 0.384 e. The Morgan fingerprint density at radius 2 is 2.32 bits per heavy atom. The van der Waals surface area contributed by atoms with E-state index in [1.807, 2.05) is 7.11 Å². The molecule has 1 unspecified atom stereocenters. The average Bonchev–Trinajstić information content (AvgIpc) is 2.88. The number of halogens is 1. The van der Waals surface area contributed by atoms with Crippen LogP contribution in [0.25, 0.3) is 0 Å². The van der Waals surface area contributed by atoms with E-state index in [-0.39, 0.29) is 12.4 Å². The van der Waals surface area contributed by atoms with Crippen molar-refractivity contribution >= 4 is 18.1 Å². The standard InChI is InChI=1S/C15H22N2O.ClH/c1-18-14-6-3-9-17(11-14)10-13-5-2-4-12-7-8-16-15(12)13;/h2,4-5,14,16H,3,6-11H2,1H3;1H. The normalized spacial score (nSPS) is 22.5. The van der Waals surface area contributed by atoms with Crippen LogP contribution in [0.1, 0.15) is 24.0 Å². The molecule has 1 saturated heterocycles. The number of fused-ring (bicyclic) bond motifs is 1. The molecule has 2 aliphatic heterocycles. The maximum Gasteiger partial charge on any atom is 0.0698 e. The van der Waals surface area contributed by atoms with Crippen molar-refractivity contribution < 1.29 is 4.74 Å². The molecule has 2 aliphatic rings. The lowest BCUT2D eigenvalue weighted by molar-refractivity contribution is 0.0286. The smallest absolute Gasteiger partial charge is 0.0698 e. The van der Waals surface area contributed by atoms with Crippen LogP contribution in [-0.2, 0) is 17.7 Å². The van der Waals surface area contributed by atoms with Crippen LogP contribution in [0.4, 0.5) is 5.69 Å². The fourth-order valence-corrected chi connectivity index (χ4v) is 3.13. The van der Waals surface area contributed by atoms with E-state index in [2.05, 4.69) is 28.4 Å². The van der Waals surface area contributed by atoms with Crippen LogP contribution in [0, 0.1) is 0 Å². The lowest BCUT2D eigenvalue weighted by Crippen LogP contribution is -2.38. The van der Waals surface area contributed by atoms with Gasteiger partial charge in [-0.2, -0.15) is 0 Å². The molecule has 1 aromatic carbocycles. The zero-order valence-corrected chi connectivity index (χ0v) is 12.3. The van der Waals surface area contributed by atoms with Gasteiger partial charge in [0.2, 0.25) is 0 Å². The van der Waals surface area contributed by atoms with Gasteiger partial charge in [0.15, 0.2) is 0 Å². The molecule has 1 aromatic rings. The van der Waals surface area contributed by atoms with E-state index in [9.17, 15) is 0 Å². The first kappa shape index (κ1) is 14.6. The maximum atomic E-state index is 5.49. The second-order valence-electron chi connectivity index (χ2n) is 5.36. The average molecular weight is 283 g/mol. The number of rotatable bonds is 3. The van der Waals surface area contributed by atoms with Gasteiger partial charge in [0.1, 0.15) is 0 Å². The number of nitrogens with one attached hydrogen (secondary N) is 1. The van der Waals surface area contributed by atoms with E-state index < -0.39 is 0 Å². The van der Waals surface area contributed by atoms with Crippen molar-refractivity contribution in [3.05, 3.63) is 29.3 Å². The van der Waals surface area contributed by atoms with Crippen molar-refractivity contribution in [1.82, 2.24) is 4.90 Å². The third-order valence-corrected chi connectivity index (χ3v) is 4.12. The molecule has 0 saturated carbocycles. The number of hydrogen-bond acceptors (Lipinski definition) is 3. The predicted octanol–water partition coefficient (Wildman–Crippen LogP) is 2.69. The number of ether oxygens (including phenoxy) is 1. The second-order valence-corrected chi connectivity index (χ2v) is 5.36. The van der Waals surface area contributed by atoms with Gasteiger partial charge < -0.3 is 10.1 Å². The molecule has 3 nitrogen and oxygen atoms in total. The molecule has 0 spiro atoms. The summed E-state index contributed by atoms with van der Waals surface area (Å²) in [4.78, 5) is 2.52. The summed E-state index contributed by atoms with van der Waals surface area (Å²) in [6.07, 6.45) is 4.05. The quantitative estimate of drug-likeness (QED) is 0.923. The molecular formula is C15H23ClN2O. The first-order valence-electron chi connectivity index (χ1n) is 6.96. The molecule has 0 bridgehead atoms. The van der Waals surface area contributed by atoms with E-state index in [1.165, 1.54) is 42.6 Å². The van der Waals surface area contributed by atoms with Crippen molar-refractivity contribution in [1.29, 1.82) is 0 Å². The first-order chi connectivity index (χ1) is 8.86. The molecule has 1 fully saturated rings. The number of anilines is 1. The highest BCUT2D eigenvalue weighted by molar-refractivity contribution is 5.85. The number of benzene rings is 1. The minimum absolute atomic E-state index is 0. The van der Waals surface area contributed by atoms with Gasteiger partial charge in [0.25, 0.3) is 0 Å². The number of para-hydroxylation sites is 1. The van der Waals surface area contributed by atoms with Crippen molar-refractivity contribution in [2.45, 2.75) is 31.9 Å². The second kappa shape index (κ2) is 6.60. The van der Waals surface area contributed by atoms with Gasteiger partial charge in [-0.1, -0.05) is 18.2 Å². The van der Waals surface area contributed by atoms with Crippen LogP contribution in [-0.4, -0.2) is 37.7 Å². The molecule has 0 aliphatic carbocycles. The van der Waals surface area contributed by atoms with Crippen LogP contribution >= 0.6 is 12.4 Å². The topological polar surface area (TPSA) is 24.5 Å².